The molecule has 0 aromatic heterocycles. The van der Waals surface area contributed by atoms with Gasteiger partial charge in [-0.1, -0.05) is 20.3 Å². The fraction of sp³-hybridized carbons (Fsp3) is 0.944. The van der Waals surface area contributed by atoms with Crippen molar-refractivity contribution in [1.82, 2.24) is 10.2 Å². The molecule has 0 aromatic carbocycles. The van der Waals surface area contributed by atoms with Gasteiger partial charge in [0.05, 0.1) is 6.10 Å². The van der Waals surface area contributed by atoms with Gasteiger partial charge in [0.15, 0.2) is 0 Å². The van der Waals surface area contributed by atoms with Crippen LogP contribution in [0.1, 0.15) is 66.7 Å². The molecule has 0 aliphatic carbocycles. The molecular weight excluding hydrogens is 292 g/mol. The highest BCUT2D eigenvalue weighted by Crippen LogP contribution is 2.17. The third kappa shape index (κ3) is 8.56. The van der Waals surface area contributed by atoms with E-state index in [1.165, 1.54) is 6.42 Å². The van der Waals surface area contributed by atoms with Crippen LogP contribution in [0, 0.1) is 0 Å². The van der Waals surface area contributed by atoms with Gasteiger partial charge in [0.1, 0.15) is 5.60 Å². The Kier molecular flexibility index (Phi) is 8.92. The molecule has 1 saturated heterocycles. The number of carbonyl (C=O) groups is 1. The van der Waals surface area contributed by atoms with Gasteiger partial charge in [0.25, 0.3) is 0 Å². The van der Waals surface area contributed by atoms with Gasteiger partial charge < -0.3 is 19.7 Å². The van der Waals surface area contributed by atoms with Crippen molar-refractivity contribution in [3.63, 3.8) is 0 Å². The summed E-state index contributed by atoms with van der Waals surface area (Å²) in [5.74, 6) is 0. The molecule has 2 atom stereocenters. The number of rotatable bonds is 8. The summed E-state index contributed by atoms with van der Waals surface area (Å²) >= 11 is 0. The minimum Gasteiger partial charge on any atom is -0.444 e. The minimum absolute atomic E-state index is 0.211. The fourth-order valence-corrected chi connectivity index (χ4v) is 2.88. The number of nitrogens with one attached hydrogen (secondary N) is 1. The molecule has 1 rings (SSSR count). The molecule has 1 heterocycles. The summed E-state index contributed by atoms with van der Waals surface area (Å²) in [6.07, 6.45) is 5.56. The highest BCUT2D eigenvalue weighted by Gasteiger charge is 2.23. The van der Waals surface area contributed by atoms with Crippen molar-refractivity contribution >= 4 is 6.09 Å². The lowest BCUT2D eigenvalue weighted by Crippen LogP contribution is -2.45. The van der Waals surface area contributed by atoms with E-state index >= 15 is 0 Å². The second-order valence-corrected chi connectivity index (χ2v) is 7.42. The van der Waals surface area contributed by atoms with Crippen molar-refractivity contribution < 1.29 is 14.3 Å². The first-order valence-corrected chi connectivity index (χ1v) is 9.18. The van der Waals surface area contributed by atoms with Crippen molar-refractivity contribution in [2.45, 2.75) is 84.5 Å². The Morgan fingerprint density at radius 2 is 2.00 bits per heavy atom. The van der Waals surface area contributed by atoms with Crippen molar-refractivity contribution in [3.05, 3.63) is 0 Å². The van der Waals surface area contributed by atoms with E-state index in [4.69, 9.17) is 9.47 Å². The second-order valence-electron chi connectivity index (χ2n) is 7.42. The molecule has 0 aromatic rings. The molecule has 5 heteroatoms. The van der Waals surface area contributed by atoms with E-state index in [-0.39, 0.29) is 6.09 Å². The Morgan fingerprint density at radius 1 is 1.26 bits per heavy atom. The normalized spacial score (nSPS) is 22.0. The van der Waals surface area contributed by atoms with Crippen LogP contribution in [0.2, 0.25) is 0 Å². The smallest absolute Gasteiger partial charge is 0.410 e. The van der Waals surface area contributed by atoms with Crippen molar-refractivity contribution in [2.75, 3.05) is 26.2 Å². The lowest BCUT2D eigenvalue weighted by atomic mass is 10.0. The lowest BCUT2D eigenvalue weighted by Gasteiger charge is -2.31. The van der Waals surface area contributed by atoms with Crippen LogP contribution in [0.25, 0.3) is 0 Å². The van der Waals surface area contributed by atoms with Crippen LogP contribution in [0.4, 0.5) is 4.79 Å². The van der Waals surface area contributed by atoms with Gasteiger partial charge in [-0.15, -0.1) is 0 Å². The summed E-state index contributed by atoms with van der Waals surface area (Å²) in [5.41, 5.74) is -0.440. The first-order chi connectivity index (χ1) is 10.9. The number of nitrogens with zero attached hydrogens (tertiary/aromatic N) is 1. The highest BCUT2D eigenvalue weighted by atomic mass is 16.6. The molecule has 0 radical (unpaired) electrons. The Labute approximate surface area is 142 Å². The largest absolute Gasteiger partial charge is 0.444 e. The van der Waals surface area contributed by atoms with Gasteiger partial charge in [0.2, 0.25) is 0 Å². The third-order valence-electron chi connectivity index (χ3n) is 3.94. The molecule has 2 unspecified atom stereocenters. The Hall–Kier alpha value is -0.810. The number of carbonyl (C=O) groups excluding carboxylic acids is 1. The summed E-state index contributed by atoms with van der Waals surface area (Å²) in [4.78, 5) is 14.0. The molecule has 0 bridgehead atoms. The Balaban J connectivity index is 2.36. The van der Waals surface area contributed by atoms with E-state index in [2.05, 4.69) is 19.2 Å². The first kappa shape index (κ1) is 20.2. The zero-order chi connectivity index (χ0) is 17.3. The van der Waals surface area contributed by atoms with Crippen molar-refractivity contribution in [1.29, 1.82) is 0 Å². The number of ether oxygens (including phenoxy) is 2. The van der Waals surface area contributed by atoms with Gasteiger partial charge in [-0.3, -0.25) is 0 Å². The molecule has 1 N–H and O–H groups in total. The van der Waals surface area contributed by atoms with Gasteiger partial charge in [-0.2, -0.15) is 0 Å². The highest BCUT2D eigenvalue weighted by molar-refractivity contribution is 5.68. The Bertz CT molecular complexity index is 340. The van der Waals surface area contributed by atoms with Gasteiger partial charge in [-0.05, 0) is 46.5 Å². The predicted octanol–water partition coefficient (Wildman–Crippen LogP) is 3.57. The average molecular weight is 328 g/mol. The summed E-state index contributed by atoms with van der Waals surface area (Å²) in [7, 11) is 0. The SMILES string of the molecule is CCCC1CC(NCCN(CCC)C(=O)OC(C)(C)C)CCO1. The second kappa shape index (κ2) is 10.1. The van der Waals surface area contributed by atoms with Crippen LogP contribution in [-0.4, -0.2) is 55.0 Å². The molecule has 23 heavy (non-hydrogen) atoms. The third-order valence-corrected chi connectivity index (χ3v) is 3.94. The van der Waals surface area contributed by atoms with E-state index in [0.717, 1.165) is 45.4 Å². The molecule has 136 valence electrons. The molecule has 5 nitrogen and oxygen atoms in total. The van der Waals surface area contributed by atoms with E-state index in [1.807, 2.05) is 20.8 Å². The molecule has 0 saturated carbocycles. The van der Waals surface area contributed by atoms with Crippen LogP contribution >= 0.6 is 0 Å². The van der Waals surface area contributed by atoms with Crippen LogP contribution in [0.15, 0.2) is 0 Å². The topological polar surface area (TPSA) is 50.8 Å². The summed E-state index contributed by atoms with van der Waals surface area (Å²) in [5, 5.41) is 3.59. The minimum atomic E-state index is -0.440. The number of hydrogen-bond acceptors (Lipinski definition) is 4. The molecule has 0 spiro atoms. The standard InChI is InChI=1S/C18H36N2O3/c1-6-8-16-14-15(9-13-22-16)19-10-12-20(11-7-2)17(21)23-18(3,4)5/h15-16,19H,6-14H2,1-5H3. The monoisotopic (exact) mass is 328 g/mol. The summed E-state index contributed by atoms with van der Waals surface area (Å²) in [6, 6.07) is 0.502. The molecular formula is C18H36N2O3. The van der Waals surface area contributed by atoms with E-state index in [0.29, 0.717) is 18.7 Å². The number of amides is 1. The van der Waals surface area contributed by atoms with Gasteiger partial charge in [0, 0.05) is 32.3 Å². The quantitative estimate of drug-likeness (QED) is 0.740. The molecule has 1 fully saturated rings. The Morgan fingerprint density at radius 3 is 2.61 bits per heavy atom. The van der Waals surface area contributed by atoms with Crippen LogP contribution in [0.5, 0.6) is 0 Å². The zero-order valence-corrected chi connectivity index (χ0v) is 15.7. The fourth-order valence-electron chi connectivity index (χ4n) is 2.88. The van der Waals surface area contributed by atoms with E-state index in [1.54, 1.807) is 4.90 Å². The maximum Gasteiger partial charge on any atom is 0.410 e. The lowest BCUT2D eigenvalue weighted by molar-refractivity contribution is -0.00405. The summed E-state index contributed by atoms with van der Waals surface area (Å²) in [6.45, 7) is 13.1. The summed E-state index contributed by atoms with van der Waals surface area (Å²) < 4.78 is 11.3. The van der Waals surface area contributed by atoms with Crippen molar-refractivity contribution in [2.24, 2.45) is 0 Å². The molecule has 1 amide bonds. The van der Waals surface area contributed by atoms with Gasteiger partial charge >= 0.3 is 6.09 Å². The van der Waals surface area contributed by atoms with Crippen LogP contribution in [0.3, 0.4) is 0 Å². The van der Waals surface area contributed by atoms with E-state index < -0.39 is 5.60 Å². The number of hydrogen-bond donors (Lipinski definition) is 1. The van der Waals surface area contributed by atoms with Crippen LogP contribution in [-0.2, 0) is 9.47 Å². The predicted molar refractivity (Wildman–Crippen MR) is 93.8 cm³/mol. The zero-order valence-electron chi connectivity index (χ0n) is 15.7. The first-order valence-electron chi connectivity index (χ1n) is 9.18. The van der Waals surface area contributed by atoms with Crippen LogP contribution < -0.4 is 5.32 Å². The molecule has 1 aliphatic rings. The van der Waals surface area contributed by atoms with Crippen molar-refractivity contribution in [3.8, 4) is 0 Å². The maximum atomic E-state index is 12.2. The van der Waals surface area contributed by atoms with E-state index in [9.17, 15) is 4.79 Å². The molecule has 1 aliphatic heterocycles. The van der Waals surface area contributed by atoms with Gasteiger partial charge in [-0.25, -0.2) is 4.79 Å². The maximum absolute atomic E-state index is 12.2. The average Bonchev–Trinajstić information content (AvgIpc) is 2.45.